The van der Waals surface area contributed by atoms with Crippen molar-refractivity contribution < 1.29 is 14.3 Å². The van der Waals surface area contributed by atoms with E-state index in [0.29, 0.717) is 26.5 Å². The molecular formula is C16H16ClN3O3Se. The van der Waals surface area contributed by atoms with Crippen LogP contribution in [0.25, 0.3) is 0 Å². The molecule has 0 spiro atoms. The third-order valence-electron chi connectivity index (χ3n) is 2.92. The van der Waals surface area contributed by atoms with Crippen LogP contribution in [0.2, 0.25) is 5.02 Å². The number of rotatable bonds is 5. The fourth-order valence-corrected chi connectivity index (χ4v) is 3.94. The molecular weight excluding hydrogens is 397 g/mol. The summed E-state index contributed by atoms with van der Waals surface area (Å²) in [7, 11) is 0. The van der Waals surface area contributed by atoms with E-state index in [1.54, 1.807) is 44.3 Å². The molecule has 8 heteroatoms. The van der Waals surface area contributed by atoms with E-state index >= 15 is 0 Å². The molecule has 0 aliphatic heterocycles. The van der Waals surface area contributed by atoms with Gasteiger partial charge in [0.15, 0.2) is 0 Å². The summed E-state index contributed by atoms with van der Waals surface area (Å²) in [6.07, 6.45) is 1.55. The van der Waals surface area contributed by atoms with E-state index in [0.717, 1.165) is 5.56 Å². The first kappa shape index (κ1) is 18.4. The van der Waals surface area contributed by atoms with Crippen LogP contribution >= 0.6 is 11.6 Å². The number of nitrogens with zero attached hydrogens (tertiary/aromatic N) is 3. The van der Waals surface area contributed by atoms with Gasteiger partial charge in [-0.2, -0.15) is 0 Å². The molecule has 0 saturated carbocycles. The van der Waals surface area contributed by atoms with Crippen LogP contribution < -0.4 is 5.01 Å². The number of halogens is 1. The molecule has 2 aromatic rings. The Labute approximate surface area is 150 Å². The van der Waals surface area contributed by atoms with E-state index in [9.17, 15) is 9.59 Å². The third-order valence-corrected chi connectivity index (χ3v) is 5.51. The molecule has 0 saturated heterocycles. The van der Waals surface area contributed by atoms with Gasteiger partial charge in [0.1, 0.15) is 0 Å². The van der Waals surface area contributed by atoms with Crippen molar-refractivity contribution in [1.29, 1.82) is 0 Å². The van der Waals surface area contributed by atoms with Crippen molar-refractivity contribution in [3.8, 4) is 0 Å². The van der Waals surface area contributed by atoms with Gasteiger partial charge in [-0.05, 0) is 0 Å². The summed E-state index contributed by atoms with van der Waals surface area (Å²) < 4.78 is 5.98. The topological polar surface area (TPSA) is 71.9 Å². The molecule has 0 unspecified atom stereocenters. The van der Waals surface area contributed by atoms with Crippen molar-refractivity contribution in [3.05, 3.63) is 45.0 Å². The molecule has 6 nitrogen and oxygen atoms in total. The number of carbonyl (C=O) groups excluding carboxylic acids is 2. The Kier molecular flexibility index (Phi) is 6.31. The second kappa shape index (κ2) is 8.24. The van der Waals surface area contributed by atoms with Crippen molar-refractivity contribution in [2.24, 2.45) is 5.10 Å². The number of aromatic nitrogens is 1. The van der Waals surface area contributed by atoms with Crippen LogP contribution in [0.15, 0.2) is 29.4 Å². The van der Waals surface area contributed by atoms with Crippen LogP contribution in [0.4, 0.5) is 4.69 Å². The number of carbonyl (C=O) groups is 2. The van der Waals surface area contributed by atoms with Crippen LogP contribution in [0.3, 0.4) is 0 Å². The average Bonchev–Trinajstić information content (AvgIpc) is 2.91. The number of esters is 1. The van der Waals surface area contributed by atoms with E-state index in [4.69, 9.17) is 16.3 Å². The Balaban J connectivity index is 2.28. The molecule has 1 amide bonds. The monoisotopic (exact) mass is 413 g/mol. The Hall–Kier alpha value is -1.95. The quantitative estimate of drug-likeness (QED) is 0.327. The molecule has 24 heavy (non-hydrogen) atoms. The number of hydrogen-bond acceptors (Lipinski definition) is 5. The zero-order chi connectivity index (χ0) is 17.7. The van der Waals surface area contributed by atoms with Crippen molar-refractivity contribution in [1.82, 2.24) is 4.98 Å². The van der Waals surface area contributed by atoms with E-state index in [2.05, 4.69) is 10.1 Å². The molecule has 126 valence electrons. The normalized spacial score (nSPS) is 10.8. The van der Waals surface area contributed by atoms with Crippen molar-refractivity contribution in [3.63, 3.8) is 0 Å². The van der Waals surface area contributed by atoms with Gasteiger partial charge in [0, 0.05) is 0 Å². The van der Waals surface area contributed by atoms with Crippen LogP contribution in [0.1, 0.15) is 34.3 Å². The molecule has 0 aliphatic rings. The predicted molar refractivity (Wildman–Crippen MR) is 94.1 cm³/mol. The summed E-state index contributed by atoms with van der Waals surface area (Å²) >= 11 is 5.41. The minimum atomic E-state index is -0.431. The summed E-state index contributed by atoms with van der Waals surface area (Å²) in [5.41, 5.74) is 1.36. The first-order valence-electron chi connectivity index (χ1n) is 7.17. The van der Waals surface area contributed by atoms with Crippen LogP contribution in [0.5, 0.6) is 0 Å². The van der Waals surface area contributed by atoms with Gasteiger partial charge in [0.05, 0.1) is 0 Å². The summed E-state index contributed by atoms with van der Waals surface area (Å²) in [5.74, 6) is -0.669. The summed E-state index contributed by atoms with van der Waals surface area (Å²) in [6, 6.07) is 7.06. The molecule has 0 atom stereocenters. The summed E-state index contributed by atoms with van der Waals surface area (Å²) in [4.78, 5) is 28.1. The molecule has 2 rings (SSSR count). The summed E-state index contributed by atoms with van der Waals surface area (Å²) in [5, 5.41) is 6.04. The number of hydrazone groups is 1. The van der Waals surface area contributed by atoms with E-state index in [1.807, 2.05) is 0 Å². The van der Waals surface area contributed by atoms with Crippen molar-refractivity contribution in [2.75, 3.05) is 11.6 Å². The van der Waals surface area contributed by atoms with Crippen LogP contribution in [-0.4, -0.2) is 44.2 Å². The van der Waals surface area contributed by atoms with E-state index in [1.165, 1.54) is 11.9 Å². The molecule has 0 bridgehead atoms. The van der Waals surface area contributed by atoms with Gasteiger partial charge >= 0.3 is 151 Å². The standard InChI is InChI=1S/C16H16ClN3O3Se/c1-4-23-15(22)14-10(2)19-16(24-14)20(11(3)21)18-9-12-5-7-13(17)8-6-12/h5-9H,4H2,1-3H3/b18-9+. The van der Waals surface area contributed by atoms with Crippen LogP contribution in [0, 0.1) is 6.92 Å². The predicted octanol–water partition coefficient (Wildman–Crippen LogP) is 2.66. The number of hydrogen-bond donors (Lipinski definition) is 0. The van der Waals surface area contributed by atoms with Gasteiger partial charge < -0.3 is 0 Å². The summed E-state index contributed by atoms with van der Waals surface area (Å²) in [6.45, 7) is 5.17. The Morgan fingerprint density at radius 3 is 2.62 bits per heavy atom. The van der Waals surface area contributed by atoms with E-state index < -0.39 is 14.5 Å². The maximum absolute atomic E-state index is 11.9. The first-order valence-corrected chi connectivity index (χ1v) is 9.26. The van der Waals surface area contributed by atoms with Gasteiger partial charge in [-0.25, -0.2) is 0 Å². The zero-order valence-corrected chi connectivity index (χ0v) is 15.9. The second-order valence-corrected chi connectivity index (χ2v) is 7.25. The fraction of sp³-hybridized carbons (Fsp3) is 0.250. The average molecular weight is 413 g/mol. The van der Waals surface area contributed by atoms with Gasteiger partial charge in [-0.3, -0.25) is 0 Å². The molecule has 1 aromatic heterocycles. The fourth-order valence-electron chi connectivity index (χ4n) is 1.80. The molecule has 1 heterocycles. The maximum atomic E-state index is 11.9. The molecule has 0 aliphatic carbocycles. The van der Waals surface area contributed by atoms with Gasteiger partial charge in [-0.15, -0.1) is 0 Å². The number of ether oxygens (including phenoxy) is 1. The Morgan fingerprint density at radius 2 is 2.04 bits per heavy atom. The number of aryl methyl sites for hydroxylation is 1. The first-order chi connectivity index (χ1) is 11.4. The van der Waals surface area contributed by atoms with Crippen molar-refractivity contribution in [2.45, 2.75) is 20.8 Å². The van der Waals surface area contributed by atoms with Gasteiger partial charge in [-0.1, -0.05) is 0 Å². The minimum absolute atomic E-state index is 0.279. The molecule has 0 N–H and O–H groups in total. The van der Waals surface area contributed by atoms with Crippen molar-refractivity contribution >= 4 is 48.9 Å². The van der Waals surface area contributed by atoms with Gasteiger partial charge in [0.25, 0.3) is 0 Å². The molecule has 0 fully saturated rings. The number of amides is 1. The molecule has 1 aromatic carbocycles. The van der Waals surface area contributed by atoms with E-state index in [-0.39, 0.29) is 11.9 Å². The molecule has 0 radical (unpaired) electrons. The van der Waals surface area contributed by atoms with Crippen LogP contribution in [-0.2, 0) is 9.53 Å². The Bertz CT molecular complexity index is 771. The van der Waals surface area contributed by atoms with Gasteiger partial charge in [0.2, 0.25) is 0 Å². The second-order valence-electron chi connectivity index (χ2n) is 4.76. The number of anilines is 1. The Morgan fingerprint density at radius 1 is 1.38 bits per heavy atom. The SMILES string of the molecule is CCOC(=O)c1[se]c(N(/N=C/c2ccc(Cl)cc2)C(C)=O)nc1C. The number of benzene rings is 1. The third kappa shape index (κ3) is 4.54. The zero-order valence-electron chi connectivity index (χ0n) is 13.4.